The van der Waals surface area contributed by atoms with Crippen LogP contribution in [-0.4, -0.2) is 67.6 Å². The molecule has 3 aliphatic rings. The fourth-order valence-corrected chi connectivity index (χ4v) is 4.04. The van der Waals surface area contributed by atoms with Gasteiger partial charge in [0.2, 0.25) is 11.8 Å². The van der Waals surface area contributed by atoms with Gasteiger partial charge in [-0.05, 0) is 16.7 Å². The minimum Gasteiger partial charge on any atom is -0.379 e. The minimum atomic E-state index is -0.238. The molecule has 1 atom stereocenters. The van der Waals surface area contributed by atoms with Gasteiger partial charge in [-0.25, -0.2) is 0 Å². The molecular formula is C20H28N4O3. The van der Waals surface area contributed by atoms with Crippen LogP contribution in [0.5, 0.6) is 0 Å². The number of ether oxygens (including phenoxy) is 1. The maximum absolute atomic E-state index is 12.5. The van der Waals surface area contributed by atoms with Crippen LogP contribution < -0.4 is 10.6 Å². The highest BCUT2D eigenvalue weighted by Crippen LogP contribution is 2.19. The highest BCUT2D eigenvalue weighted by atomic mass is 16.5. The van der Waals surface area contributed by atoms with E-state index in [1.54, 1.807) is 0 Å². The number of hydrogen-bond acceptors (Lipinski definition) is 5. The molecule has 1 aromatic carbocycles. The SMILES string of the molecule is O=C(NCc1ccc2c(c1)CNC2)C1CC(=O)N(CCN2CCOCC2)C1. The van der Waals surface area contributed by atoms with Gasteiger partial charge in [-0.3, -0.25) is 14.5 Å². The smallest absolute Gasteiger partial charge is 0.225 e. The Hall–Kier alpha value is -1.96. The summed E-state index contributed by atoms with van der Waals surface area (Å²) in [6.07, 6.45) is 0.322. The molecule has 0 radical (unpaired) electrons. The van der Waals surface area contributed by atoms with Gasteiger partial charge in [0.15, 0.2) is 0 Å². The van der Waals surface area contributed by atoms with Crippen molar-refractivity contribution < 1.29 is 14.3 Å². The standard InChI is InChI=1S/C20H28N4O3/c25-19-10-18(14-24(19)4-3-23-5-7-27-8-6-23)20(26)22-11-15-1-2-16-12-21-13-17(16)9-15/h1-2,9,18,21H,3-8,10-14H2,(H,22,26). The zero-order valence-corrected chi connectivity index (χ0v) is 15.7. The highest BCUT2D eigenvalue weighted by molar-refractivity contribution is 5.89. The van der Waals surface area contributed by atoms with E-state index in [2.05, 4.69) is 33.7 Å². The summed E-state index contributed by atoms with van der Waals surface area (Å²) >= 11 is 0. The third kappa shape index (κ3) is 4.48. The van der Waals surface area contributed by atoms with Crippen LogP contribution in [0.2, 0.25) is 0 Å². The molecule has 1 unspecified atom stereocenters. The molecule has 3 heterocycles. The van der Waals surface area contributed by atoms with Crippen molar-refractivity contribution in [3.63, 3.8) is 0 Å². The van der Waals surface area contributed by atoms with E-state index in [0.717, 1.165) is 51.5 Å². The Labute approximate surface area is 160 Å². The molecule has 2 N–H and O–H groups in total. The number of carbonyl (C=O) groups is 2. The fourth-order valence-electron chi connectivity index (χ4n) is 4.04. The normalized spacial score (nSPS) is 22.9. The molecule has 7 heteroatoms. The van der Waals surface area contributed by atoms with E-state index in [9.17, 15) is 9.59 Å². The van der Waals surface area contributed by atoms with Gasteiger partial charge in [0.25, 0.3) is 0 Å². The maximum Gasteiger partial charge on any atom is 0.225 e. The lowest BCUT2D eigenvalue weighted by molar-refractivity contribution is -0.129. The number of fused-ring (bicyclic) bond motifs is 1. The minimum absolute atomic E-state index is 0.0177. The van der Waals surface area contributed by atoms with Crippen LogP contribution in [0.25, 0.3) is 0 Å². The summed E-state index contributed by atoms with van der Waals surface area (Å²) in [5.41, 5.74) is 3.76. The topological polar surface area (TPSA) is 73.9 Å². The summed E-state index contributed by atoms with van der Waals surface area (Å²) < 4.78 is 5.35. The van der Waals surface area contributed by atoms with E-state index in [1.807, 2.05) is 4.90 Å². The average Bonchev–Trinajstić information content (AvgIpc) is 3.31. The Bertz CT molecular complexity index is 702. The fraction of sp³-hybridized carbons (Fsp3) is 0.600. The second-order valence-corrected chi connectivity index (χ2v) is 7.62. The van der Waals surface area contributed by atoms with Gasteiger partial charge in [0, 0.05) is 58.8 Å². The van der Waals surface area contributed by atoms with Crippen LogP contribution >= 0.6 is 0 Å². The van der Waals surface area contributed by atoms with Gasteiger partial charge in [-0.15, -0.1) is 0 Å². The lowest BCUT2D eigenvalue weighted by Crippen LogP contribution is -2.42. The molecule has 27 heavy (non-hydrogen) atoms. The maximum atomic E-state index is 12.5. The lowest BCUT2D eigenvalue weighted by atomic mass is 10.1. The number of amides is 2. The van der Waals surface area contributed by atoms with Gasteiger partial charge in [-0.1, -0.05) is 18.2 Å². The van der Waals surface area contributed by atoms with Crippen molar-refractivity contribution in [1.29, 1.82) is 0 Å². The molecule has 0 spiro atoms. The number of rotatable bonds is 6. The highest BCUT2D eigenvalue weighted by Gasteiger charge is 2.34. The van der Waals surface area contributed by atoms with E-state index >= 15 is 0 Å². The molecule has 1 aromatic rings. The summed E-state index contributed by atoms with van der Waals surface area (Å²) in [4.78, 5) is 28.9. The lowest BCUT2D eigenvalue weighted by Gasteiger charge is -2.28. The number of nitrogens with zero attached hydrogens (tertiary/aromatic N) is 2. The number of hydrogen-bond donors (Lipinski definition) is 2. The molecule has 7 nitrogen and oxygen atoms in total. The molecule has 2 fully saturated rings. The molecule has 0 aromatic heterocycles. The number of carbonyl (C=O) groups excluding carboxylic acids is 2. The Kier molecular flexibility index (Phi) is 5.71. The van der Waals surface area contributed by atoms with Crippen LogP contribution in [0.15, 0.2) is 18.2 Å². The second kappa shape index (κ2) is 8.37. The number of likely N-dealkylation sites (tertiary alicyclic amines) is 1. The second-order valence-electron chi connectivity index (χ2n) is 7.62. The monoisotopic (exact) mass is 372 g/mol. The predicted octanol–water partition coefficient (Wildman–Crippen LogP) is 0.0867. The Balaban J connectivity index is 1.23. The molecule has 146 valence electrons. The zero-order valence-electron chi connectivity index (χ0n) is 15.7. The molecule has 2 saturated heterocycles. The summed E-state index contributed by atoms with van der Waals surface area (Å²) in [5, 5.41) is 6.34. The van der Waals surface area contributed by atoms with E-state index in [0.29, 0.717) is 26.1 Å². The summed E-state index contributed by atoms with van der Waals surface area (Å²) in [6, 6.07) is 6.36. The van der Waals surface area contributed by atoms with Crippen molar-refractivity contribution >= 4 is 11.8 Å². The molecule has 0 saturated carbocycles. The van der Waals surface area contributed by atoms with Gasteiger partial charge < -0.3 is 20.3 Å². The van der Waals surface area contributed by atoms with Crippen molar-refractivity contribution in [1.82, 2.24) is 20.4 Å². The van der Waals surface area contributed by atoms with Crippen LogP contribution in [0.3, 0.4) is 0 Å². The number of morpholine rings is 1. The Morgan fingerprint density at radius 1 is 1.19 bits per heavy atom. The largest absolute Gasteiger partial charge is 0.379 e. The Morgan fingerprint density at radius 2 is 2.00 bits per heavy atom. The average molecular weight is 372 g/mol. The molecule has 4 rings (SSSR count). The first-order valence-corrected chi connectivity index (χ1v) is 9.86. The van der Waals surface area contributed by atoms with Crippen molar-refractivity contribution in [2.45, 2.75) is 26.1 Å². The van der Waals surface area contributed by atoms with E-state index in [-0.39, 0.29) is 17.7 Å². The summed E-state index contributed by atoms with van der Waals surface area (Å²) in [6.45, 7) is 7.78. The van der Waals surface area contributed by atoms with Crippen LogP contribution in [0, 0.1) is 5.92 Å². The molecule has 2 amide bonds. The first-order valence-electron chi connectivity index (χ1n) is 9.86. The van der Waals surface area contributed by atoms with Crippen molar-refractivity contribution in [3.8, 4) is 0 Å². The number of nitrogens with one attached hydrogen (secondary N) is 2. The third-order valence-electron chi connectivity index (χ3n) is 5.74. The van der Waals surface area contributed by atoms with Crippen LogP contribution in [-0.2, 0) is 34.0 Å². The van der Waals surface area contributed by atoms with Crippen molar-refractivity contribution in [2.24, 2.45) is 5.92 Å². The van der Waals surface area contributed by atoms with Crippen LogP contribution in [0.4, 0.5) is 0 Å². The molecule has 0 aliphatic carbocycles. The zero-order chi connectivity index (χ0) is 18.6. The number of benzene rings is 1. The van der Waals surface area contributed by atoms with E-state index < -0.39 is 0 Å². The summed E-state index contributed by atoms with van der Waals surface area (Å²) in [5.74, 6) is -0.166. The predicted molar refractivity (Wildman–Crippen MR) is 101 cm³/mol. The Morgan fingerprint density at radius 3 is 2.85 bits per heavy atom. The van der Waals surface area contributed by atoms with E-state index in [1.165, 1.54) is 11.1 Å². The van der Waals surface area contributed by atoms with Gasteiger partial charge in [-0.2, -0.15) is 0 Å². The quantitative estimate of drug-likeness (QED) is 0.740. The van der Waals surface area contributed by atoms with E-state index in [4.69, 9.17) is 4.74 Å². The first kappa shape index (κ1) is 18.4. The molecule has 3 aliphatic heterocycles. The van der Waals surface area contributed by atoms with Crippen molar-refractivity contribution in [2.75, 3.05) is 45.9 Å². The molecular weight excluding hydrogens is 344 g/mol. The third-order valence-corrected chi connectivity index (χ3v) is 5.74. The van der Waals surface area contributed by atoms with Gasteiger partial charge in [0.05, 0.1) is 19.1 Å². The van der Waals surface area contributed by atoms with Gasteiger partial charge >= 0.3 is 0 Å². The van der Waals surface area contributed by atoms with Crippen molar-refractivity contribution in [3.05, 3.63) is 34.9 Å². The molecule has 0 bridgehead atoms. The van der Waals surface area contributed by atoms with Crippen LogP contribution in [0.1, 0.15) is 23.1 Å². The first-order chi connectivity index (χ1) is 13.2. The van der Waals surface area contributed by atoms with Gasteiger partial charge in [0.1, 0.15) is 0 Å². The summed E-state index contributed by atoms with van der Waals surface area (Å²) in [7, 11) is 0.